The topological polar surface area (TPSA) is 86.8 Å². The van der Waals surface area contributed by atoms with Crippen LogP contribution in [0.25, 0.3) is 0 Å². The number of benzene rings is 4. The molecular weight excluding hydrogens is 653 g/mol. The molecule has 4 rings (SSSR count). The van der Waals surface area contributed by atoms with Crippen LogP contribution in [-0.2, 0) is 32.6 Å². The van der Waals surface area contributed by atoms with Crippen LogP contribution >= 0.6 is 34.8 Å². The van der Waals surface area contributed by atoms with Crippen LogP contribution in [0.4, 0.5) is 5.69 Å². The Morgan fingerprint density at radius 1 is 0.778 bits per heavy atom. The van der Waals surface area contributed by atoms with Crippen molar-refractivity contribution in [2.24, 2.45) is 0 Å². The van der Waals surface area contributed by atoms with Crippen molar-refractivity contribution in [2.45, 2.75) is 43.7 Å². The molecule has 4 aromatic rings. The molecule has 45 heavy (non-hydrogen) atoms. The van der Waals surface area contributed by atoms with Crippen LogP contribution in [0.1, 0.15) is 30.9 Å². The number of nitrogens with one attached hydrogen (secondary N) is 1. The van der Waals surface area contributed by atoms with E-state index in [0.717, 1.165) is 22.7 Å². The highest BCUT2D eigenvalue weighted by Crippen LogP contribution is 2.30. The Morgan fingerprint density at radius 2 is 1.40 bits per heavy atom. The fraction of sp³-hybridized carbons (Fsp3) is 0.235. The third-order valence-electron chi connectivity index (χ3n) is 7.09. The van der Waals surface area contributed by atoms with E-state index in [1.54, 1.807) is 42.5 Å². The number of hydrogen-bond donors (Lipinski definition) is 1. The minimum Gasteiger partial charge on any atom is -0.354 e. The molecule has 2 amide bonds. The Kier molecular flexibility index (Phi) is 12.3. The number of anilines is 1. The van der Waals surface area contributed by atoms with Gasteiger partial charge in [-0.25, -0.2) is 8.42 Å². The van der Waals surface area contributed by atoms with E-state index in [0.29, 0.717) is 17.1 Å². The lowest BCUT2D eigenvalue weighted by molar-refractivity contribution is -0.140. The zero-order chi connectivity index (χ0) is 32.4. The fourth-order valence-corrected chi connectivity index (χ4v) is 6.97. The summed E-state index contributed by atoms with van der Waals surface area (Å²) < 4.78 is 29.1. The van der Waals surface area contributed by atoms with Crippen LogP contribution in [0.3, 0.4) is 0 Å². The summed E-state index contributed by atoms with van der Waals surface area (Å²) >= 11 is 18.9. The largest absolute Gasteiger partial charge is 0.354 e. The van der Waals surface area contributed by atoms with Crippen LogP contribution < -0.4 is 9.62 Å². The van der Waals surface area contributed by atoms with Crippen molar-refractivity contribution in [1.82, 2.24) is 10.2 Å². The van der Waals surface area contributed by atoms with Gasteiger partial charge in [-0.1, -0.05) is 109 Å². The van der Waals surface area contributed by atoms with E-state index in [1.807, 2.05) is 37.3 Å². The van der Waals surface area contributed by atoms with Gasteiger partial charge in [0, 0.05) is 34.6 Å². The predicted molar refractivity (Wildman–Crippen MR) is 181 cm³/mol. The van der Waals surface area contributed by atoms with Gasteiger partial charge in [0.2, 0.25) is 11.8 Å². The van der Waals surface area contributed by atoms with E-state index in [9.17, 15) is 18.0 Å². The molecule has 236 valence electrons. The summed E-state index contributed by atoms with van der Waals surface area (Å²) in [4.78, 5) is 29.7. The van der Waals surface area contributed by atoms with Crippen molar-refractivity contribution in [3.8, 4) is 0 Å². The van der Waals surface area contributed by atoms with Gasteiger partial charge in [-0.15, -0.1) is 0 Å². The summed E-state index contributed by atoms with van der Waals surface area (Å²) in [7, 11) is -4.27. The summed E-state index contributed by atoms with van der Waals surface area (Å²) in [6.07, 6.45) is 1.85. The molecule has 1 atom stereocenters. The minimum atomic E-state index is -4.27. The van der Waals surface area contributed by atoms with Gasteiger partial charge >= 0.3 is 0 Å². The molecule has 0 heterocycles. The zero-order valence-electron chi connectivity index (χ0n) is 24.7. The van der Waals surface area contributed by atoms with E-state index < -0.39 is 28.5 Å². The van der Waals surface area contributed by atoms with Gasteiger partial charge in [0.25, 0.3) is 10.0 Å². The number of nitrogens with zero attached hydrogens (tertiary/aromatic N) is 2. The molecular formula is C34H34Cl3N3O4S. The molecule has 0 saturated carbocycles. The van der Waals surface area contributed by atoms with Crippen molar-refractivity contribution in [2.75, 3.05) is 17.4 Å². The highest BCUT2D eigenvalue weighted by molar-refractivity contribution is 7.92. The van der Waals surface area contributed by atoms with E-state index >= 15 is 0 Å². The average Bonchev–Trinajstić information content (AvgIpc) is 3.02. The third-order valence-corrected chi connectivity index (χ3v) is 9.55. The van der Waals surface area contributed by atoms with E-state index in [-0.39, 0.29) is 39.5 Å². The number of carbonyl (C=O) groups is 2. The van der Waals surface area contributed by atoms with E-state index in [4.69, 9.17) is 34.8 Å². The maximum absolute atomic E-state index is 14.5. The Morgan fingerprint density at radius 3 is 2.02 bits per heavy atom. The van der Waals surface area contributed by atoms with E-state index in [1.165, 1.54) is 35.2 Å². The Labute approximate surface area is 279 Å². The van der Waals surface area contributed by atoms with Crippen molar-refractivity contribution in [3.05, 3.63) is 129 Å². The van der Waals surface area contributed by atoms with Gasteiger partial charge in [0.05, 0.1) is 10.6 Å². The molecule has 0 aliphatic rings. The normalized spacial score (nSPS) is 11.9. The second-order valence-electron chi connectivity index (χ2n) is 10.5. The van der Waals surface area contributed by atoms with Crippen LogP contribution in [-0.4, -0.2) is 44.3 Å². The monoisotopic (exact) mass is 685 g/mol. The number of sulfonamides is 1. The molecule has 0 aromatic heterocycles. The molecule has 0 spiro atoms. The SMILES string of the molecule is CCCCNC(=O)C(Cc1ccccc1)N(Cc1cccc(Cl)c1)C(=O)CN(c1cc(Cl)cc(Cl)c1)S(=O)(=O)c1ccccc1. The maximum atomic E-state index is 14.5. The summed E-state index contributed by atoms with van der Waals surface area (Å²) in [6, 6.07) is 27.5. The van der Waals surface area contributed by atoms with Gasteiger partial charge in [0.1, 0.15) is 12.6 Å². The lowest BCUT2D eigenvalue weighted by atomic mass is 10.0. The Hall–Kier alpha value is -3.56. The second kappa shape index (κ2) is 16.1. The molecule has 4 aromatic carbocycles. The molecule has 0 saturated heterocycles. The third kappa shape index (κ3) is 9.47. The molecule has 0 fully saturated rings. The minimum absolute atomic E-state index is 0.00756. The summed E-state index contributed by atoms with van der Waals surface area (Å²) in [5, 5.41) is 3.83. The van der Waals surface area contributed by atoms with Crippen molar-refractivity contribution in [1.29, 1.82) is 0 Å². The molecule has 0 radical (unpaired) electrons. The number of rotatable bonds is 14. The molecule has 7 nitrogen and oxygen atoms in total. The fourth-order valence-electron chi connectivity index (χ4n) is 4.82. The lowest BCUT2D eigenvalue weighted by Gasteiger charge is -2.34. The molecule has 0 aliphatic heterocycles. The molecule has 0 bridgehead atoms. The smallest absolute Gasteiger partial charge is 0.264 e. The number of unbranched alkanes of at least 4 members (excludes halogenated alkanes) is 1. The first-order valence-electron chi connectivity index (χ1n) is 14.5. The van der Waals surface area contributed by atoms with Crippen LogP contribution in [0.5, 0.6) is 0 Å². The first-order chi connectivity index (χ1) is 21.6. The van der Waals surface area contributed by atoms with Gasteiger partial charge < -0.3 is 10.2 Å². The van der Waals surface area contributed by atoms with Crippen LogP contribution in [0.2, 0.25) is 15.1 Å². The van der Waals surface area contributed by atoms with Crippen molar-refractivity contribution < 1.29 is 18.0 Å². The van der Waals surface area contributed by atoms with Gasteiger partial charge in [0.15, 0.2) is 0 Å². The highest BCUT2D eigenvalue weighted by atomic mass is 35.5. The Bertz CT molecular complexity index is 1690. The zero-order valence-corrected chi connectivity index (χ0v) is 27.8. The quantitative estimate of drug-likeness (QED) is 0.140. The first-order valence-corrected chi connectivity index (χ1v) is 17.1. The van der Waals surface area contributed by atoms with Crippen LogP contribution in [0.15, 0.2) is 108 Å². The number of amides is 2. The van der Waals surface area contributed by atoms with Gasteiger partial charge in [-0.2, -0.15) is 0 Å². The highest BCUT2D eigenvalue weighted by Gasteiger charge is 2.34. The summed E-state index contributed by atoms with van der Waals surface area (Å²) in [5.41, 5.74) is 1.63. The summed E-state index contributed by atoms with van der Waals surface area (Å²) in [6.45, 7) is 1.84. The maximum Gasteiger partial charge on any atom is 0.264 e. The van der Waals surface area contributed by atoms with Crippen molar-refractivity contribution >= 4 is 62.3 Å². The van der Waals surface area contributed by atoms with Gasteiger partial charge in [-0.3, -0.25) is 13.9 Å². The predicted octanol–water partition coefficient (Wildman–Crippen LogP) is 7.40. The lowest BCUT2D eigenvalue weighted by Crippen LogP contribution is -2.53. The molecule has 11 heteroatoms. The van der Waals surface area contributed by atoms with Crippen molar-refractivity contribution in [3.63, 3.8) is 0 Å². The Balaban J connectivity index is 1.81. The number of halogens is 3. The molecule has 0 aliphatic carbocycles. The second-order valence-corrected chi connectivity index (χ2v) is 13.6. The van der Waals surface area contributed by atoms with E-state index in [2.05, 4.69) is 5.32 Å². The molecule has 1 unspecified atom stereocenters. The number of carbonyl (C=O) groups excluding carboxylic acids is 2. The summed E-state index contributed by atoms with van der Waals surface area (Å²) in [5.74, 6) is -0.942. The van der Waals surface area contributed by atoms with Gasteiger partial charge in [-0.05, 0) is 60.0 Å². The average molecular weight is 687 g/mol. The first kappa shape index (κ1) is 34.3. The number of hydrogen-bond acceptors (Lipinski definition) is 4. The van der Waals surface area contributed by atoms with Crippen LogP contribution in [0, 0.1) is 0 Å². The molecule has 1 N–H and O–H groups in total. The standard InChI is InChI=1S/C34H34Cl3N3O4S/c1-2-3-17-38-34(42)32(19-25-11-6-4-7-12-25)39(23-26-13-10-14-27(35)18-26)33(41)24-40(30-21-28(36)20-29(37)22-30)45(43,44)31-15-8-5-9-16-31/h4-16,18,20-22,32H,2-3,17,19,23-24H2,1H3,(H,38,42).